The van der Waals surface area contributed by atoms with Crippen LogP contribution in [0, 0.1) is 6.92 Å². The molecule has 1 heterocycles. The van der Waals surface area contributed by atoms with Crippen molar-refractivity contribution in [2.75, 3.05) is 5.73 Å². The molecule has 0 aliphatic carbocycles. The number of anilines is 1. The monoisotopic (exact) mass is 287 g/mol. The number of aromatic nitrogens is 2. The van der Waals surface area contributed by atoms with E-state index in [0.29, 0.717) is 11.5 Å². The van der Waals surface area contributed by atoms with Gasteiger partial charge in [-0.3, -0.25) is 0 Å². The third kappa shape index (κ3) is 2.74. The molecule has 0 bridgehead atoms. The van der Waals surface area contributed by atoms with E-state index in [1.807, 2.05) is 42.5 Å². The van der Waals surface area contributed by atoms with E-state index in [4.69, 9.17) is 5.73 Å². The average molecular weight is 287 g/mol. The van der Waals surface area contributed by atoms with Crippen molar-refractivity contribution in [3.8, 4) is 11.3 Å². The Labute approximate surface area is 130 Å². The maximum absolute atomic E-state index is 6.00. The van der Waals surface area contributed by atoms with Crippen LogP contribution in [0.1, 0.15) is 16.8 Å². The number of hydrogen-bond donors (Lipinski definition) is 1. The Morgan fingerprint density at radius 3 is 2.36 bits per heavy atom. The Morgan fingerprint density at radius 2 is 1.68 bits per heavy atom. The third-order valence-corrected chi connectivity index (χ3v) is 3.56. The Morgan fingerprint density at radius 1 is 1.00 bits per heavy atom. The fraction of sp³-hybridized carbons (Fsp3) is 0.0526. The highest BCUT2D eigenvalue weighted by atomic mass is 14.9. The highest BCUT2D eigenvalue weighted by Crippen LogP contribution is 2.26. The summed E-state index contributed by atoms with van der Waals surface area (Å²) in [6, 6.07) is 18.0. The quantitative estimate of drug-likeness (QED) is 0.789. The average Bonchev–Trinajstić information content (AvgIpc) is 2.56. The normalized spacial score (nSPS) is 10.4. The van der Waals surface area contributed by atoms with Gasteiger partial charge in [-0.2, -0.15) is 0 Å². The summed E-state index contributed by atoms with van der Waals surface area (Å²) < 4.78 is 0. The predicted octanol–water partition coefficient (Wildman–Crippen LogP) is 4.10. The van der Waals surface area contributed by atoms with Gasteiger partial charge < -0.3 is 5.73 Å². The van der Waals surface area contributed by atoms with Crippen LogP contribution >= 0.6 is 0 Å². The molecule has 1 aromatic heterocycles. The molecule has 0 aliphatic rings. The summed E-state index contributed by atoms with van der Waals surface area (Å²) in [4.78, 5) is 8.94. The minimum atomic E-state index is 0.393. The summed E-state index contributed by atoms with van der Waals surface area (Å²) in [5.74, 6) is 0.393. The van der Waals surface area contributed by atoms with Crippen LogP contribution in [0.2, 0.25) is 0 Å². The number of nitrogens with zero attached hydrogens (tertiary/aromatic N) is 2. The van der Waals surface area contributed by atoms with Crippen molar-refractivity contribution in [3.05, 3.63) is 84.2 Å². The molecule has 2 aromatic carbocycles. The highest BCUT2D eigenvalue weighted by molar-refractivity contribution is 5.81. The van der Waals surface area contributed by atoms with Gasteiger partial charge in [-0.1, -0.05) is 66.7 Å². The van der Waals surface area contributed by atoms with Gasteiger partial charge in [-0.15, -0.1) is 0 Å². The van der Waals surface area contributed by atoms with Crippen molar-refractivity contribution in [2.45, 2.75) is 6.92 Å². The highest BCUT2D eigenvalue weighted by Gasteiger charge is 2.11. The standard InChI is InChI=1S/C19H17N3/c1-13-8-10-16(11-9-13)17-12-21-19(20)18(22-17)14(2)15-6-4-3-5-7-15/h3-12H,2H2,1H3,(H2,20,21). The molecule has 0 saturated carbocycles. The zero-order valence-corrected chi connectivity index (χ0v) is 12.5. The van der Waals surface area contributed by atoms with Crippen LogP contribution in [-0.4, -0.2) is 9.97 Å². The number of benzene rings is 2. The zero-order chi connectivity index (χ0) is 15.5. The smallest absolute Gasteiger partial charge is 0.150 e. The van der Waals surface area contributed by atoms with Crippen LogP contribution in [0.3, 0.4) is 0 Å². The first-order valence-corrected chi connectivity index (χ1v) is 7.09. The number of nitrogens with two attached hydrogens (primary N) is 1. The molecular formula is C19H17N3. The summed E-state index contributed by atoms with van der Waals surface area (Å²) in [7, 11) is 0. The predicted molar refractivity (Wildman–Crippen MR) is 91.2 cm³/mol. The first-order valence-electron chi connectivity index (χ1n) is 7.09. The number of nitrogen functional groups attached to an aromatic ring is 1. The van der Waals surface area contributed by atoms with Crippen molar-refractivity contribution in [2.24, 2.45) is 0 Å². The lowest BCUT2D eigenvalue weighted by Gasteiger charge is -2.10. The molecule has 0 spiro atoms. The summed E-state index contributed by atoms with van der Waals surface area (Å²) in [5.41, 5.74) is 11.4. The second-order valence-electron chi connectivity index (χ2n) is 5.20. The minimum absolute atomic E-state index is 0.393. The Balaban J connectivity index is 2.04. The summed E-state index contributed by atoms with van der Waals surface area (Å²) >= 11 is 0. The topological polar surface area (TPSA) is 51.8 Å². The van der Waals surface area contributed by atoms with Gasteiger partial charge in [0.15, 0.2) is 0 Å². The Bertz CT molecular complexity index is 806. The van der Waals surface area contributed by atoms with E-state index < -0.39 is 0 Å². The van der Waals surface area contributed by atoms with Gasteiger partial charge in [0.05, 0.1) is 11.9 Å². The minimum Gasteiger partial charge on any atom is -0.382 e. The van der Waals surface area contributed by atoms with Gasteiger partial charge in [0.1, 0.15) is 11.5 Å². The van der Waals surface area contributed by atoms with Crippen molar-refractivity contribution < 1.29 is 0 Å². The molecule has 3 nitrogen and oxygen atoms in total. The number of aryl methyl sites for hydroxylation is 1. The van der Waals surface area contributed by atoms with E-state index in [9.17, 15) is 0 Å². The molecule has 2 N–H and O–H groups in total. The second kappa shape index (κ2) is 5.82. The van der Waals surface area contributed by atoms with Crippen LogP contribution in [-0.2, 0) is 0 Å². The molecule has 0 aliphatic heterocycles. The van der Waals surface area contributed by atoms with E-state index >= 15 is 0 Å². The molecule has 22 heavy (non-hydrogen) atoms. The fourth-order valence-corrected chi connectivity index (χ4v) is 2.26. The molecule has 0 amide bonds. The number of hydrogen-bond acceptors (Lipinski definition) is 3. The van der Waals surface area contributed by atoms with Crippen molar-refractivity contribution in [1.29, 1.82) is 0 Å². The van der Waals surface area contributed by atoms with E-state index in [1.165, 1.54) is 5.56 Å². The summed E-state index contributed by atoms with van der Waals surface area (Å²) in [6.07, 6.45) is 1.70. The maximum Gasteiger partial charge on any atom is 0.150 e. The van der Waals surface area contributed by atoms with Crippen LogP contribution in [0.15, 0.2) is 67.4 Å². The van der Waals surface area contributed by atoms with E-state index in [2.05, 4.69) is 35.6 Å². The van der Waals surface area contributed by atoms with E-state index in [-0.39, 0.29) is 0 Å². The first kappa shape index (κ1) is 14.0. The van der Waals surface area contributed by atoms with Gasteiger partial charge in [0.2, 0.25) is 0 Å². The number of rotatable bonds is 3. The maximum atomic E-state index is 6.00. The van der Waals surface area contributed by atoms with Crippen molar-refractivity contribution in [1.82, 2.24) is 9.97 Å². The molecular weight excluding hydrogens is 270 g/mol. The van der Waals surface area contributed by atoms with Crippen LogP contribution < -0.4 is 5.73 Å². The molecule has 0 atom stereocenters. The van der Waals surface area contributed by atoms with Crippen LogP contribution in [0.4, 0.5) is 5.82 Å². The summed E-state index contributed by atoms with van der Waals surface area (Å²) in [5, 5.41) is 0. The largest absolute Gasteiger partial charge is 0.382 e. The van der Waals surface area contributed by atoms with Gasteiger partial charge in [0.25, 0.3) is 0 Å². The van der Waals surface area contributed by atoms with Crippen molar-refractivity contribution in [3.63, 3.8) is 0 Å². The first-order chi connectivity index (χ1) is 10.6. The van der Waals surface area contributed by atoms with Gasteiger partial charge in [0, 0.05) is 11.1 Å². The fourth-order valence-electron chi connectivity index (χ4n) is 2.26. The molecule has 0 unspecified atom stereocenters. The van der Waals surface area contributed by atoms with Crippen LogP contribution in [0.25, 0.3) is 16.8 Å². The van der Waals surface area contributed by atoms with E-state index in [1.54, 1.807) is 6.20 Å². The van der Waals surface area contributed by atoms with Gasteiger partial charge in [-0.25, -0.2) is 9.97 Å². The SMILES string of the molecule is C=C(c1ccccc1)c1nc(-c2ccc(C)cc2)cnc1N. The molecule has 3 heteroatoms. The lowest BCUT2D eigenvalue weighted by Crippen LogP contribution is -2.02. The van der Waals surface area contributed by atoms with Gasteiger partial charge in [-0.05, 0) is 12.5 Å². The molecule has 3 aromatic rings. The van der Waals surface area contributed by atoms with Crippen molar-refractivity contribution >= 4 is 11.4 Å². The van der Waals surface area contributed by atoms with Gasteiger partial charge >= 0.3 is 0 Å². The molecule has 0 saturated heterocycles. The summed E-state index contributed by atoms with van der Waals surface area (Å²) in [6.45, 7) is 6.18. The molecule has 3 rings (SSSR count). The van der Waals surface area contributed by atoms with E-state index in [0.717, 1.165) is 22.4 Å². The van der Waals surface area contributed by atoms with Crippen LogP contribution in [0.5, 0.6) is 0 Å². The molecule has 0 fully saturated rings. The molecule has 0 radical (unpaired) electrons. The third-order valence-electron chi connectivity index (χ3n) is 3.56. The lowest BCUT2D eigenvalue weighted by molar-refractivity contribution is 1.18. The zero-order valence-electron chi connectivity index (χ0n) is 12.5. The molecule has 108 valence electrons. The lowest BCUT2D eigenvalue weighted by atomic mass is 10.0. The second-order valence-corrected chi connectivity index (χ2v) is 5.20. The Kier molecular flexibility index (Phi) is 3.71. The Hall–Kier alpha value is -2.94.